The number of carbonyl (C=O) groups excluding carboxylic acids is 1. The molecule has 2 saturated heterocycles. The molecule has 4 rings (SSSR count). The number of halogens is 3. The Kier molecular flexibility index (Phi) is 7.54. The van der Waals surface area contributed by atoms with Gasteiger partial charge in [-0.1, -0.05) is 24.2 Å². The summed E-state index contributed by atoms with van der Waals surface area (Å²) in [6.45, 7) is 9.15. The summed E-state index contributed by atoms with van der Waals surface area (Å²) in [6.07, 6.45) is -3.42. The lowest BCUT2D eigenvalue weighted by Gasteiger charge is -2.38. The van der Waals surface area contributed by atoms with Gasteiger partial charge in [0.2, 0.25) is 17.6 Å². The Morgan fingerprint density at radius 2 is 1.97 bits per heavy atom. The fourth-order valence-corrected chi connectivity index (χ4v) is 4.31. The maximum Gasteiger partial charge on any atom is 0.416 e. The van der Waals surface area contributed by atoms with E-state index in [0.29, 0.717) is 32.1 Å². The lowest BCUT2D eigenvalue weighted by atomic mass is 10.1. The van der Waals surface area contributed by atoms with Gasteiger partial charge in [-0.3, -0.25) is 14.6 Å². The van der Waals surface area contributed by atoms with Crippen LogP contribution in [0.25, 0.3) is 11.4 Å². The molecule has 0 N–H and O–H groups in total. The van der Waals surface area contributed by atoms with Crippen LogP contribution in [0.15, 0.2) is 28.8 Å². The second-order valence-corrected chi connectivity index (χ2v) is 8.76. The van der Waals surface area contributed by atoms with Crippen molar-refractivity contribution in [3.8, 4) is 11.4 Å². The van der Waals surface area contributed by atoms with E-state index in [9.17, 15) is 18.0 Å². The maximum absolute atomic E-state index is 13.0. The van der Waals surface area contributed by atoms with Crippen molar-refractivity contribution >= 4 is 5.91 Å². The SMILES string of the molecule is CCC1CN(C(=O)CN2CCN(C(C)c3nc(-c4cccc(C(F)(F)F)c4)no3)CC2)CCO1. The minimum atomic E-state index is -4.43. The van der Waals surface area contributed by atoms with Gasteiger partial charge >= 0.3 is 6.18 Å². The third kappa shape index (κ3) is 5.76. The average molecular weight is 482 g/mol. The van der Waals surface area contributed by atoms with Crippen molar-refractivity contribution in [1.82, 2.24) is 24.8 Å². The molecule has 2 aliphatic heterocycles. The van der Waals surface area contributed by atoms with Crippen LogP contribution in [0.1, 0.15) is 37.8 Å². The molecule has 34 heavy (non-hydrogen) atoms. The smallest absolute Gasteiger partial charge is 0.375 e. The van der Waals surface area contributed by atoms with Crippen molar-refractivity contribution in [2.24, 2.45) is 0 Å². The van der Waals surface area contributed by atoms with E-state index in [-0.39, 0.29) is 29.4 Å². The van der Waals surface area contributed by atoms with E-state index in [4.69, 9.17) is 9.26 Å². The number of alkyl halides is 3. The van der Waals surface area contributed by atoms with Crippen LogP contribution in [0, 0.1) is 0 Å². The van der Waals surface area contributed by atoms with Crippen LogP contribution in [0.4, 0.5) is 13.2 Å². The highest BCUT2D eigenvalue weighted by atomic mass is 19.4. The summed E-state index contributed by atoms with van der Waals surface area (Å²) >= 11 is 0. The molecule has 2 aromatic rings. The van der Waals surface area contributed by atoms with E-state index in [1.54, 1.807) is 0 Å². The van der Waals surface area contributed by atoms with Gasteiger partial charge in [0.15, 0.2) is 0 Å². The van der Waals surface area contributed by atoms with Crippen LogP contribution < -0.4 is 0 Å². The normalized spacial score (nSPS) is 21.6. The molecule has 1 aromatic heterocycles. The van der Waals surface area contributed by atoms with Crippen LogP contribution in [0.5, 0.6) is 0 Å². The molecule has 0 bridgehead atoms. The number of carbonyl (C=O) groups is 1. The van der Waals surface area contributed by atoms with Gasteiger partial charge < -0.3 is 14.2 Å². The number of amides is 1. The van der Waals surface area contributed by atoms with Crippen molar-refractivity contribution in [3.63, 3.8) is 0 Å². The Morgan fingerprint density at radius 3 is 2.68 bits per heavy atom. The van der Waals surface area contributed by atoms with Gasteiger partial charge in [0.05, 0.1) is 30.9 Å². The average Bonchev–Trinajstić information content (AvgIpc) is 3.34. The van der Waals surface area contributed by atoms with Crippen molar-refractivity contribution in [2.45, 2.75) is 38.6 Å². The predicted molar refractivity (Wildman–Crippen MR) is 118 cm³/mol. The largest absolute Gasteiger partial charge is 0.416 e. The van der Waals surface area contributed by atoms with Gasteiger partial charge in [-0.25, -0.2) is 0 Å². The number of aromatic nitrogens is 2. The van der Waals surface area contributed by atoms with Crippen LogP contribution in [-0.2, 0) is 15.7 Å². The number of piperazine rings is 1. The quantitative estimate of drug-likeness (QED) is 0.628. The lowest BCUT2D eigenvalue weighted by Crippen LogP contribution is -2.53. The Balaban J connectivity index is 1.31. The number of nitrogens with zero attached hydrogens (tertiary/aromatic N) is 5. The van der Waals surface area contributed by atoms with Gasteiger partial charge in [0, 0.05) is 44.8 Å². The molecule has 2 atom stereocenters. The Morgan fingerprint density at radius 1 is 1.21 bits per heavy atom. The molecular formula is C23H30F3N5O3. The minimum Gasteiger partial charge on any atom is -0.375 e. The molecule has 2 unspecified atom stereocenters. The number of morpholine rings is 1. The monoisotopic (exact) mass is 481 g/mol. The highest BCUT2D eigenvalue weighted by Crippen LogP contribution is 2.32. The summed E-state index contributed by atoms with van der Waals surface area (Å²) in [7, 11) is 0. The molecule has 186 valence electrons. The first-order valence-corrected chi connectivity index (χ1v) is 11.6. The standard InChI is InChI=1S/C23H30F3N5O3/c1-3-19-14-31(11-12-33-19)20(32)15-29-7-9-30(10-8-29)16(2)22-27-21(28-34-22)17-5-4-6-18(13-17)23(24,25)26/h4-6,13,16,19H,3,7-12,14-15H2,1-2H3. The second-order valence-electron chi connectivity index (χ2n) is 8.76. The van der Waals surface area contributed by atoms with Gasteiger partial charge in [0.1, 0.15) is 0 Å². The highest BCUT2D eigenvalue weighted by Gasteiger charge is 2.32. The van der Waals surface area contributed by atoms with Gasteiger partial charge in [-0.2, -0.15) is 18.2 Å². The summed E-state index contributed by atoms with van der Waals surface area (Å²) in [4.78, 5) is 23.3. The van der Waals surface area contributed by atoms with Crippen LogP contribution in [0.3, 0.4) is 0 Å². The van der Waals surface area contributed by atoms with Crippen LogP contribution in [-0.4, -0.2) is 89.3 Å². The Labute approximate surface area is 196 Å². The maximum atomic E-state index is 13.0. The van der Waals surface area contributed by atoms with Crippen LogP contribution >= 0.6 is 0 Å². The second kappa shape index (κ2) is 10.4. The van der Waals surface area contributed by atoms with E-state index in [1.165, 1.54) is 12.1 Å². The number of rotatable bonds is 6. The van der Waals surface area contributed by atoms with Crippen molar-refractivity contribution in [2.75, 3.05) is 52.4 Å². The van der Waals surface area contributed by atoms with Crippen molar-refractivity contribution in [3.05, 3.63) is 35.7 Å². The van der Waals surface area contributed by atoms with E-state index < -0.39 is 11.7 Å². The predicted octanol–water partition coefficient (Wildman–Crippen LogP) is 3.07. The number of ether oxygens (including phenoxy) is 1. The summed E-state index contributed by atoms with van der Waals surface area (Å²) in [5.41, 5.74) is -0.494. The summed E-state index contributed by atoms with van der Waals surface area (Å²) < 4.78 is 50.0. The van der Waals surface area contributed by atoms with Gasteiger partial charge in [0.25, 0.3) is 0 Å². The molecule has 11 heteroatoms. The molecule has 0 spiro atoms. The first-order valence-electron chi connectivity index (χ1n) is 11.6. The Bertz CT molecular complexity index is 975. The van der Waals surface area contributed by atoms with Crippen molar-refractivity contribution < 1.29 is 27.2 Å². The third-order valence-corrected chi connectivity index (χ3v) is 6.51. The van der Waals surface area contributed by atoms with E-state index >= 15 is 0 Å². The molecule has 2 fully saturated rings. The molecule has 3 heterocycles. The molecule has 1 aromatic carbocycles. The third-order valence-electron chi connectivity index (χ3n) is 6.51. The lowest BCUT2D eigenvalue weighted by molar-refractivity contribution is -0.140. The fourth-order valence-electron chi connectivity index (χ4n) is 4.31. The van der Waals surface area contributed by atoms with E-state index in [0.717, 1.165) is 44.7 Å². The zero-order valence-electron chi connectivity index (χ0n) is 19.4. The number of benzene rings is 1. The van der Waals surface area contributed by atoms with Gasteiger partial charge in [-0.05, 0) is 25.5 Å². The molecule has 0 aliphatic carbocycles. The summed E-state index contributed by atoms with van der Waals surface area (Å²) in [5, 5.41) is 3.89. The first-order chi connectivity index (χ1) is 16.2. The number of hydrogen-bond donors (Lipinski definition) is 0. The summed E-state index contributed by atoms with van der Waals surface area (Å²) in [6, 6.07) is 4.71. The molecule has 0 saturated carbocycles. The molecular weight excluding hydrogens is 451 g/mol. The van der Waals surface area contributed by atoms with Crippen LogP contribution in [0.2, 0.25) is 0 Å². The molecule has 8 nitrogen and oxygen atoms in total. The fraction of sp³-hybridized carbons (Fsp3) is 0.609. The highest BCUT2D eigenvalue weighted by molar-refractivity contribution is 5.78. The van der Waals surface area contributed by atoms with Gasteiger partial charge in [-0.15, -0.1) is 0 Å². The topological polar surface area (TPSA) is 74.9 Å². The minimum absolute atomic E-state index is 0.116. The first kappa shape index (κ1) is 24.6. The summed E-state index contributed by atoms with van der Waals surface area (Å²) in [5.74, 6) is 0.620. The molecule has 2 aliphatic rings. The zero-order chi connectivity index (χ0) is 24.3. The molecule has 1 amide bonds. The number of hydrogen-bond acceptors (Lipinski definition) is 7. The Hall–Kier alpha value is -2.50. The van der Waals surface area contributed by atoms with E-state index in [1.807, 2.05) is 11.8 Å². The molecule has 0 radical (unpaired) electrons. The van der Waals surface area contributed by atoms with E-state index in [2.05, 4.69) is 26.9 Å². The van der Waals surface area contributed by atoms with Crippen molar-refractivity contribution in [1.29, 1.82) is 0 Å². The zero-order valence-corrected chi connectivity index (χ0v) is 19.4.